The summed E-state index contributed by atoms with van der Waals surface area (Å²) < 4.78 is 25.8. The summed E-state index contributed by atoms with van der Waals surface area (Å²) >= 11 is 0. The van der Waals surface area contributed by atoms with Crippen LogP contribution in [0.15, 0.2) is 52.4 Å². The van der Waals surface area contributed by atoms with Crippen molar-refractivity contribution >= 4 is 40.0 Å². The maximum absolute atomic E-state index is 11.7. The van der Waals surface area contributed by atoms with Gasteiger partial charge in [-0.2, -0.15) is 0 Å². The fourth-order valence-corrected chi connectivity index (χ4v) is 3.58. The Morgan fingerprint density at radius 3 is 2.11 bits per heavy atom. The summed E-state index contributed by atoms with van der Waals surface area (Å²) in [4.78, 5) is 4.48. The van der Waals surface area contributed by atoms with Crippen molar-refractivity contribution in [3.63, 3.8) is 0 Å². The lowest BCUT2D eigenvalue weighted by Crippen LogP contribution is -2.37. The molecule has 28 heavy (non-hydrogen) atoms. The smallest absolute Gasteiger partial charge is 0.240 e. The van der Waals surface area contributed by atoms with E-state index in [2.05, 4.69) is 52.4 Å². The highest BCUT2D eigenvalue weighted by atomic mass is 127. The Morgan fingerprint density at radius 1 is 0.964 bits per heavy atom. The van der Waals surface area contributed by atoms with Crippen molar-refractivity contribution in [2.75, 3.05) is 20.6 Å². The fourth-order valence-electron chi connectivity index (χ4n) is 2.85. The predicted molar refractivity (Wildman–Crippen MR) is 126 cm³/mol. The molecule has 8 heteroatoms. The van der Waals surface area contributed by atoms with Crippen LogP contribution < -0.4 is 15.4 Å². The number of rotatable bonds is 7. The number of nitrogens with zero attached hydrogens (tertiary/aromatic N) is 1. The number of hydrogen-bond donors (Lipinski definition) is 3. The van der Waals surface area contributed by atoms with E-state index in [1.807, 2.05) is 0 Å². The molecule has 0 heterocycles. The van der Waals surface area contributed by atoms with Gasteiger partial charge in [0.05, 0.1) is 4.90 Å². The van der Waals surface area contributed by atoms with Crippen molar-refractivity contribution < 1.29 is 8.42 Å². The zero-order chi connectivity index (χ0) is 19.9. The summed E-state index contributed by atoms with van der Waals surface area (Å²) in [6.07, 6.45) is 0.916. The zero-order valence-electron chi connectivity index (χ0n) is 16.7. The summed E-state index contributed by atoms with van der Waals surface area (Å²) in [7, 11) is -0.270. The van der Waals surface area contributed by atoms with Crippen LogP contribution in [0, 0.1) is 13.8 Å². The number of aliphatic imine (C=N–C) groups is 1. The van der Waals surface area contributed by atoms with Gasteiger partial charge in [0.15, 0.2) is 5.96 Å². The van der Waals surface area contributed by atoms with E-state index in [9.17, 15) is 8.42 Å². The molecular formula is C20H29IN4O2S. The number of benzene rings is 2. The first-order chi connectivity index (χ1) is 12.8. The molecule has 2 aromatic carbocycles. The van der Waals surface area contributed by atoms with Gasteiger partial charge in [-0.25, -0.2) is 13.1 Å². The minimum Gasteiger partial charge on any atom is -0.356 e. The molecule has 2 aromatic rings. The number of guanidine groups is 1. The summed E-state index contributed by atoms with van der Waals surface area (Å²) in [5, 5.41) is 6.55. The van der Waals surface area contributed by atoms with E-state index in [-0.39, 0.29) is 28.9 Å². The molecule has 0 radical (unpaired) electrons. The minimum atomic E-state index is -3.40. The van der Waals surface area contributed by atoms with E-state index >= 15 is 0 Å². The summed E-state index contributed by atoms with van der Waals surface area (Å²) in [6.45, 7) is 5.56. The maximum Gasteiger partial charge on any atom is 0.240 e. The molecule has 154 valence electrons. The first-order valence-corrected chi connectivity index (χ1v) is 10.4. The van der Waals surface area contributed by atoms with Gasteiger partial charge in [-0.3, -0.25) is 4.99 Å². The van der Waals surface area contributed by atoms with Crippen LogP contribution >= 0.6 is 24.0 Å². The lowest BCUT2D eigenvalue weighted by Gasteiger charge is -2.13. The van der Waals surface area contributed by atoms with Gasteiger partial charge in [0, 0.05) is 20.1 Å². The molecule has 0 saturated heterocycles. The van der Waals surface area contributed by atoms with E-state index in [1.165, 1.54) is 23.7 Å². The average Bonchev–Trinajstić information content (AvgIpc) is 2.64. The van der Waals surface area contributed by atoms with Crippen molar-refractivity contribution in [1.29, 1.82) is 0 Å². The van der Waals surface area contributed by atoms with E-state index < -0.39 is 10.0 Å². The topological polar surface area (TPSA) is 82.6 Å². The highest BCUT2D eigenvalue weighted by Gasteiger charge is 2.10. The molecule has 3 N–H and O–H groups in total. The molecule has 0 unspecified atom stereocenters. The van der Waals surface area contributed by atoms with Crippen LogP contribution in [0.25, 0.3) is 0 Å². The van der Waals surface area contributed by atoms with Crippen LogP contribution in [0.5, 0.6) is 0 Å². The lowest BCUT2D eigenvalue weighted by molar-refractivity contribution is 0.588. The van der Waals surface area contributed by atoms with Gasteiger partial charge in [0.2, 0.25) is 10.0 Å². The second-order valence-electron chi connectivity index (χ2n) is 6.45. The van der Waals surface area contributed by atoms with E-state index in [1.54, 1.807) is 31.3 Å². The van der Waals surface area contributed by atoms with Gasteiger partial charge in [-0.15, -0.1) is 24.0 Å². The van der Waals surface area contributed by atoms with Crippen molar-refractivity contribution in [1.82, 2.24) is 15.4 Å². The molecular weight excluding hydrogens is 487 g/mol. The third kappa shape index (κ3) is 7.40. The minimum absolute atomic E-state index is 0. The van der Waals surface area contributed by atoms with Gasteiger partial charge in [-0.05, 0) is 50.6 Å². The molecule has 0 bridgehead atoms. The maximum atomic E-state index is 11.7. The Kier molecular flexibility index (Phi) is 9.91. The number of nitrogens with one attached hydrogen (secondary N) is 3. The second kappa shape index (κ2) is 11.4. The molecule has 0 amide bonds. The molecule has 0 fully saturated rings. The fraction of sp³-hybridized carbons (Fsp3) is 0.350. The van der Waals surface area contributed by atoms with Crippen molar-refractivity contribution in [3.05, 3.63) is 64.7 Å². The number of halogens is 1. The first-order valence-electron chi connectivity index (χ1n) is 8.88. The lowest BCUT2D eigenvalue weighted by atomic mass is 10.1. The SMILES string of the molecule is CN=C(NCCc1cc(C)cc(C)c1)NCc1ccc(S(=O)(=O)NC)cc1.I. The van der Waals surface area contributed by atoms with Crippen LogP contribution in [-0.4, -0.2) is 35.0 Å². The van der Waals surface area contributed by atoms with Crippen LogP contribution in [-0.2, 0) is 23.0 Å². The standard InChI is InChI=1S/C20H28N4O2S.HI/c1-15-11-16(2)13-18(12-15)9-10-23-20(21-3)24-14-17-5-7-19(8-6-17)27(25,26)22-4;/h5-8,11-13,22H,9-10,14H2,1-4H3,(H2,21,23,24);1H. The van der Waals surface area contributed by atoms with Crippen LogP contribution in [0.3, 0.4) is 0 Å². The third-order valence-corrected chi connectivity index (χ3v) is 5.60. The quantitative estimate of drug-likeness (QED) is 0.300. The van der Waals surface area contributed by atoms with E-state index in [0.717, 1.165) is 18.5 Å². The Balaban J connectivity index is 0.00000392. The Hall–Kier alpha value is -1.65. The molecule has 2 rings (SSSR count). The monoisotopic (exact) mass is 516 g/mol. The van der Waals surface area contributed by atoms with Gasteiger partial charge in [0.1, 0.15) is 0 Å². The number of sulfonamides is 1. The van der Waals surface area contributed by atoms with Crippen LogP contribution in [0.1, 0.15) is 22.3 Å². The highest BCUT2D eigenvalue weighted by Crippen LogP contribution is 2.10. The summed E-state index contributed by atoms with van der Waals surface area (Å²) in [5.41, 5.74) is 4.83. The highest BCUT2D eigenvalue weighted by molar-refractivity contribution is 14.0. The molecule has 0 aromatic heterocycles. The third-order valence-electron chi connectivity index (χ3n) is 4.17. The summed E-state index contributed by atoms with van der Waals surface area (Å²) in [6, 6.07) is 13.3. The largest absolute Gasteiger partial charge is 0.356 e. The molecule has 0 saturated carbocycles. The molecule has 0 atom stereocenters. The zero-order valence-corrected chi connectivity index (χ0v) is 19.9. The van der Waals surface area contributed by atoms with E-state index in [0.29, 0.717) is 12.5 Å². The molecule has 0 aliphatic rings. The van der Waals surface area contributed by atoms with Gasteiger partial charge in [-0.1, -0.05) is 41.5 Å². The summed E-state index contributed by atoms with van der Waals surface area (Å²) in [5.74, 6) is 0.714. The second-order valence-corrected chi connectivity index (χ2v) is 8.34. The molecule has 0 aliphatic carbocycles. The van der Waals surface area contributed by atoms with Crippen LogP contribution in [0.4, 0.5) is 0 Å². The van der Waals surface area contributed by atoms with E-state index in [4.69, 9.17) is 0 Å². The first kappa shape index (κ1) is 24.4. The Morgan fingerprint density at radius 2 is 1.57 bits per heavy atom. The Bertz CT molecular complexity index is 877. The molecule has 0 spiro atoms. The molecule has 0 aliphatic heterocycles. The Labute approximate surface area is 185 Å². The number of hydrogen-bond acceptors (Lipinski definition) is 3. The average molecular weight is 516 g/mol. The normalized spacial score (nSPS) is 11.6. The van der Waals surface area contributed by atoms with Gasteiger partial charge < -0.3 is 10.6 Å². The van der Waals surface area contributed by atoms with Crippen molar-refractivity contribution in [2.24, 2.45) is 4.99 Å². The molecule has 6 nitrogen and oxygen atoms in total. The van der Waals surface area contributed by atoms with Gasteiger partial charge in [0.25, 0.3) is 0 Å². The van der Waals surface area contributed by atoms with Crippen molar-refractivity contribution in [2.45, 2.75) is 31.7 Å². The number of aryl methyl sites for hydroxylation is 2. The predicted octanol–water partition coefficient (Wildman–Crippen LogP) is 2.74. The van der Waals surface area contributed by atoms with Crippen LogP contribution in [0.2, 0.25) is 0 Å². The van der Waals surface area contributed by atoms with Gasteiger partial charge >= 0.3 is 0 Å². The van der Waals surface area contributed by atoms with Crippen molar-refractivity contribution in [3.8, 4) is 0 Å².